The van der Waals surface area contributed by atoms with Crippen LogP contribution in [0.15, 0.2) is 24.3 Å². The van der Waals surface area contributed by atoms with E-state index in [9.17, 15) is 4.39 Å². The maximum atomic E-state index is 13.3. The Balaban J connectivity index is 1.96. The fourth-order valence-corrected chi connectivity index (χ4v) is 2.84. The standard InChI is InChI=1S/C16H25FN2/c1-13(2)10-19(12-16-7-4-8-18-16)11-14-5-3-6-15(17)9-14/h3,5-6,9,13,16,18H,4,7-8,10-12H2,1-2H3. The highest BCUT2D eigenvalue weighted by Gasteiger charge is 2.18. The zero-order chi connectivity index (χ0) is 13.7. The average Bonchev–Trinajstić information content (AvgIpc) is 2.80. The molecule has 106 valence electrons. The highest BCUT2D eigenvalue weighted by Crippen LogP contribution is 2.13. The van der Waals surface area contributed by atoms with E-state index in [1.165, 1.54) is 18.9 Å². The molecule has 1 aliphatic rings. The van der Waals surface area contributed by atoms with Gasteiger partial charge in [-0.2, -0.15) is 0 Å². The predicted molar refractivity (Wildman–Crippen MR) is 77.5 cm³/mol. The number of nitrogens with one attached hydrogen (secondary N) is 1. The minimum absolute atomic E-state index is 0.138. The molecule has 1 aromatic rings. The Morgan fingerprint density at radius 3 is 2.89 bits per heavy atom. The minimum atomic E-state index is -0.138. The molecular formula is C16H25FN2. The number of hydrogen-bond acceptors (Lipinski definition) is 2. The molecule has 0 aliphatic carbocycles. The van der Waals surface area contributed by atoms with Crippen molar-refractivity contribution in [2.75, 3.05) is 19.6 Å². The second kappa shape index (κ2) is 7.01. The van der Waals surface area contributed by atoms with Gasteiger partial charge >= 0.3 is 0 Å². The molecule has 2 nitrogen and oxygen atoms in total. The van der Waals surface area contributed by atoms with E-state index in [1.54, 1.807) is 12.1 Å². The smallest absolute Gasteiger partial charge is 0.123 e. The molecule has 0 spiro atoms. The lowest BCUT2D eigenvalue weighted by molar-refractivity contribution is 0.216. The van der Waals surface area contributed by atoms with Crippen molar-refractivity contribution >= 4 is 0 Å². The van der Waals surface area contributed by atoms with E-state index < -0.39 is 0 Å². The first kappa shape index (κ1) is 14.5. The molecule has 3 heteroatoms. The number of halogens is 1. The van der Waals surface area contributed by atoms with Gasteiger partial charge in [0.2, 0.25) is 0 Å². The highest BCUT2D eigenvalue weighted by molar-refractivity contribution is 5.16. The molecule has 0 amide bonds. The quantitative estimate of drug-likeness (QED) is 0.849. The molecule has 1 heterocycles. The monoisotopic (exact) mass is 264 g/mol. The summed E-state index contributed by atoms with van der Waals surface area (Å²) < 4.78 is 13.3. The van der Waals surface area contributed by atoms with Gasteiger partial charge in [0.15, 0.2) is 0 Å². The van der Waals surface area contributed by atoms with E-state index in [4.69, 9.17) is 0 Å². The van der Waals surface area contributed by atoms with Crippen LogP contribution in [0.4, 0.5) is 4.39 Å². The molecule has 1 aromatic carbocycles. The molecule has 0 aromatic heterocycles. The summed E-state index contributed by atoms with van der Waals surface area (Å²) in [6, 6.07) is 7.57. The van der Waals surface area contributed by atoms with Gasteiger partial charge in [0, 0.05) is 25.7 Å². The van der Waals surface area contributed by atoms with Crippen LogP contribution in [0.3, 0.4) is 0 Å². The third kappa shape index (κ3) is 4.92. The van der Waals surface area contributed by atoms with Crippen LogP contribution in [0.25, 0.3) is 0 Å². The maximum Gasteiger partial charge on any atom is 0.123 e. The molecule has 0 saturated carbocycles. The first-order valence-electron chi connectivity index (χ1n) is 7.33. The summed E-state index contributed by atoms with van der Waals surface area (Å²) in [7, 11) is 0. The van der Waals surface area contributed by atoms with E-state index in [0.717, 1.165) is 31.7 Å². The Hall–Kier alpha value is -0.930. The van der Waals surface area contributed by atoms with Crippen molar-refractivity contribution in [1.82, 2.24) is 10.2 Å². The Morgan fingerprint density at radius 2 is 2.26 bits per heavy atom. The Labute approximate surface area is 116 Å². The Morgan fingerprint density at radius 1 is 1.42 bits per heavy atom. The van der Waals surface area contributed by atoms with Gasteiger partial charge < -0.3 is 5.32 Å². The van der Waals surface area contributed by atoms with E-state index >= 15 is 0 Å². The lowest BCUT2D eigenvalue weighted by Gasteiger charge is -2.27. The Bertz CT molecular complexity index is 386. The van der Waals surface area contributed by atoms with Gasteiger partial charge in [-0.05, 0) is 43.0 Å². The van der Waals surface area contributed by atoms with Gasteiger partial charge in [-0.25, -0.2) is 4.39 Å². The zero-order valence-corrected chi connectivity index (χ0v) is 12.0. The van der Waals surface area contributed by atoms with E-state index in [-0.39, 0.29) is 5.82 Å². The van der Waals surface area contributed by atoms with Gasteiger partial charge in [-0.15, -0.1) is 0 Å². The molecule has 1 N–H and O–H groups in total. The molecule has 19 heavy (non-hydrogen) atoms. The molecule has 0 bridgehead atoms. The number of benzene rings is 1. The molecule has 2 rings (SSSR count). The lowest BCUT2D eigenvalue weighted by atomic mass is 10.1. The second-order valence-electron chi connectivity index (χ2n) is 6.01. The summed E-state index contributed by atoms with van der Waals surface area (Å²) in [6.45, 7) is 8.58. The van der Waals surface area contributed by atoms with E-state index in [1.807, 2.05) is 6.07 Å². The largest absolute Gasteiger partial charge is 0.313 e. The molecule has 1 saturated heterocycles. The van der Waals surface area contributed by atoms with Crippen molar-refractivity contribution in [3.63, 3.8) is 0 Å². The van der Waals surface area contributed by atoms with Crippen LogP contribution in [0.5, 0.6) is 0 Å². The van der Waals surface area contributed by atoms with Crippen molar-refractivity contribution < 1.29 is 4.39 Å². The Kier molecular flexibility index (Phi) is 5.34. The van der Waals surface area contributed by atoms with Crippen molar-refractivity contribution in [3.8, 4) is 0 Å². The average molecular weight is 264 g/mol. The summed E-state index contributed by atoms with van der Waals surface area (Å²) in [5, 5.41) is 3.54. The van der Waals surface area contributed by atoms with Gasteiger partial charge in [0.05, 0.1) is 0 Å². The SMILES string of the molecule is CC(C)CN(Cc1cccc(F)c1)CC1CCCN1. The summed E-state index contributed by atoms with van der Waals surface area (Å²) in [6.07, 6.45) is 2.54. The summed E-state index contributed by atoms with van der Waals surface area (Å²) in [5.41, 5.74) is 1.07. The van der Waals surface area contributed by atoms with Crippen LogP contribution in [0, 0.1) is 11.7 Å². The second-order valence-corrected chi connectivity index (χ2v) is 6.01. The number of rotatable bonds is 6. The van der Waals surface area contributed by atoms with Crippen LogP contribution in [0.2, 0.25) is 0 Å². The third-order valence-electron chi connectivity index (χ3n) is 3.56. The van der Waals surface area contributed by atoms with Crippen LogP contribution in [0.1, 0.15) is 32.3 Å². The van der Waals surface area contributed by atoms with Gasteiger partial charge in [0.25, 0.3) is 0 Å². The van der Waals surface area contributed by atoms with Crippen molar-refractivity contribution in [2.45, 2.75) is 39.3 Å². The van der Waals surface area contributed by atoms with E-state index in [2.05, 4.69) is 24.1 Å². The van der Waals surface area contributed by atoms with Gasteiger partial charge in [-0.1, -0.05) is 26.0 Å². The third-order valence-corrected chi connectivity index (χ3v) is 3.56. The maximum absolute atomic E-state index is 13.3. The van der Waals surface area contributed by atoms with Crippen molar-refractivity contribution in [1.29, 1.82) is 0 Å². The van der Waals surface area contributed by atoms with Crippen LogP contribution < -0.4 is 5.32 Å². The summed E-state index contributed by atoms with van der Waals surface area (Å²) >= 11 is 0. The van der Waals surface area contributed by atoms with Gasteiger partial charge in [-0.3, -0.25) is 4.90 Å². The molecule has 0 radical (unpaired) electrons. The van der Waals surface area contributed by atoms with Crippen LogP contribution >= 0.6 is 0 Å². The number of hydrogen-bond donors (Lipinski definition) is 1. The topological polar surface area (TPSA) is 15.3 Å². The fourth-order valence-electron chi connectivity index (χ4n) is 2.84. The van der Waals surface area contributed by atoms with E-state index in [0.29, 0.717) is 12.0 Å². The zero-order valence-electron chi connectivity index (χ0n) is 12.0. The lowest BCUT2D eigenvalue weighted by Crippen LogP contribution is -2.38. The fraction of sp³-hybridized carbons (Fsp3) is 0.625. The predicted octanol–water partition coefficient (Wildman–Crippen LogP) is 3.04. The molecule has 1 unspecified atom stereocenters. The highest BCUT2D eigenvalue weighted by atomic mass is 19.1. The first-order valence-corrected chi connectivity index (χ1v) is 7.33. The summed E-state index contributed by atoms with van der Waals surface area (Å²) in [5.74, 6) is 0.496. The molecular weight excluding hydrogens is 239 g/mol. The van der Waals surface area contributed by atoms with Crippen LogP contribution in [-0.2, 0) is 6.54 Å². The molecule has 1 aliphatic heterocycles. The van der Waals surface area contributed by atoms with Crippen LogP contribution in [-0.4, -0.2) is 30.6 Å². The van der Waals surface area contributed by atoms with Crippen molar-refractivity contribution in [2.24, 2.45) is 5.92 Å². The number of nitrogens with zero attached hydrogens (tertiary/aromatic N) is 1. The minimum Gasteiger partial charge on any atom is -0.313 e. The molecule has 1 fully saturated rings. The van der Waals surface area contributed by atoms with Crippen molar-refractivity contribution in [3.05, 3.63) is 35.6 Å². The molecule has 1 atom stereocenters. The first-order chi connectivity index (χ1) is 9.13. The normalized spacial score (nSPS) is 19.5. The van der Waals surface area contributed by atoms with Gasteiger partial charge in [0.1, 0.15) is 5.82 Å². The summed E-state index contributed by atoms with van der Waals surface area (Å²) in [4.78, 5) is 2.45.